The summed E-state index contributed by atoms with van der Waals surface area (Å²) in [5, 5.41) is 1.20. The van der Waals surface area contributed by atoms with Gasteiger partial charge in [0.15, 0.2) is 0 Å². The molecule has 1 aliphatic rings. The number of benzene rings is 2. The first-order valence-electron chi connectivity index (χ1n) is 8.79. The smallest absolute Gasteiger partial charge is 0.123 e. The van der Waals surface area contributed by atoms with E-state index >= 15 is 0 Å². The second-order valence-electron chi connectivity index (χ2n) is 6.57. The fraction of sp³-hybridized carbons (Fsp3) is 0.227. The van der Waals surface area contributed by atoms with Gasteiger partial charge in [-0.05, 0) is 59.9 Å². The molecule has 1 aromatic heterocycles. The molecule has 0 unspecified atom stereocenters. The Morgan fingerprint density at radius 2 is 2.00 bits per heavy atom. The number of pyridine rings is 1. The summed E-state index contributed by atoms with van der Waals surface area (Å²) in [5.74, 6) is -0.161. The molecule has 25 heavy (non-hydrogen) atoms. The topological polar surface area (TPSA) is 16.1 Å². The van der Waals surface area contributed by atoms with E-state index < -0.39 is 0 Å². The minimum Gasteiger partial charge on any atom is -0.299 e. The molecule has 1 aliphatic heterocycles. The van der Waals surface area contributed by atoms with Crippen LogP contribution in [0.15, 0.2) is 66.9 Å². The maximum atomic E-state index is 13.4. The molecule has 2 aromatic carbocycles. The Kier molecular flexibility index (Phi) is 4.57. The summed E-state index contributed by atoms with van der Waals surface area (Å²) in [6.07, 6.45) is 6.08. The fourth-order valence-corrected chi connectivity index (χ4v) is 3.43. The lowest BCUT2D eigenvalue weighted by atomic mass is 9.99. The highest BCUT2D eigenvalue weighted by atomic mass is 19.1. The van der Waals surface area contributed by atoms with Crippen LogP contribution in [-0.4, -0.2) is 29.5 Å². The van der Waals surface area contributed by atoms with Crippen LogP contribution >= 0.6 is 0 Å². The minimum absolute atomic E-state index is 0.161. The summed E-state index contributed by atoms with van der Waals surface area (Å²) in [4.78, 5) is 6.83. The van der Waals surface area contributed by atoms with E-state index in [1.807, 2.05) is 18.3 Å². The number of hydrogen-bond acceptors (Lipinski definition) is 2. The first kappa shape index (κ1) is 16.0. The van der Waals surface area contributed by atoms with E-state index in [1.165, 1.54) is 22.6 Å². The highest BCUT2D eigenvalue weighted by molar-refractivity contribution is 5.78. The lowest BCUT2D eigenvalue weighted by Gasteiger charge is -2.26. The normalized spacial score (nSPS) is 15.3. The number of fused-ring (bicyclic) bond motifs is 1. The second kappa shape index (κ2) is 7.16. The number of nitrogens with zero attached hydrogens (tertiary/aromatic N) is 2. The van der Waals surface area contributed by atoms with E-state index in [0.717, 1.165) is 43.6 Å². The van der Waals surface area contributed by atoms with E-state index in [4.69, 9.17) is 0 Å². The van der Waals surface area contributed by atoms with E-state index in [9.17, 15) is 4.39 Å². The van der Waals surface area contributed by atoms with Gasteiger partial charge >= 0.3 is 0 Å². The Morgan fingerprint density at radius 1 is 1.04 bits per heavy atom. The molecule has 0 saturated carbocycles. The first-order valence-corrected chi connectivity index (χ1v) is 8.79. The van der Waals surface area contributed by atoms with Gasteiger partial charge < -0.3 is 0 Å². The number of hydrogen-bond donors (Lipinski definition) is 0. The molecule has 0 bridgehead atoms. The monoisotopic (exact) mass is 332 g/mol. The molecule has 0 atom stereocenters. The standard InChI is InChI=1S/C22H21FN2/c23-21-5-1-3-19(16-21)18-9-13-25(14-10-18)12-8-17-6-7-22-20(15-17)4-2-11-24-22/h1-7,9,11,15-16H,8,10,12-14H2. The molecule has 2 nitrogen and oxygen atoms in total. The first-order chi connectivity index (χ1) is 12.3. The number of rotatable bonds is 4. The maximum absolute atomic E-state index is 13.4. The Balaban J connectivity index is 1.38. The van der Waals surface area contributed by atoms with Crippen molar-refractivity contribution in [3.05, 3.63) is 83.8 Å². The second-order valence-corrected chi connectivity index (χ2v) is 6.57. The summed E-state index contributed by atoms with van der Waals surface area (Å²) in [6, 6.07) is 17.5. The molecule has 0 fully saturated rings. The summed E-state index contributed by atoms with van der Waals surface area (Å²) >= 11 is 0. The number of halogens is 1. The lowest BCUT2D eigenvalue weighted by molar-refractivity contribution is 0.306. The molecule has 0 amide bonds. The molecule has 4 rings (SSSR count). The van der Waals surface area contributed by atoms with Gasteiger partial charge in [-0.2, -0.15) is 0 Å². The van der Waals surface area contributed by atoms with Gasteiger partial charge in [-0.1, -0.05) is 30.3 Å². The zero-order valence-corrected chi connectivity index (χ0v) is 14.2. The van der Waals surface area contributed by atoms with Crippen LogP contribution in [0.3, 0.4) is 0 Å². The van der Waals surface area contributed by atoms with Gasteiger partial charge in [0.2, 0.25) is 0 Å². The fourth-order valence-electron chi connectivity index (χ4n) is 3.43. The molecule has 0 spiro atoms. The zero-order chi connectivity index (χ0) is 17.1. The largest absolute Gasteiger partial charge is 0.299 e. The van der Waals surface area contributed by atoms with Gasteiger partial charge in [0.1, 0.15) is 5.82 Å². The molecule has 126 valence electrons. The Labute approximate surface area is 147 Å². The predicted molar refractivity (Wildman–Crippen MR) is 101 cm³/mol. The average Bonchev–Trinajstić information content (AvgIpc) is 2.66. The van der Waals surface area contributed by atoms with Crippen molar-refractivity contribution in [3.63, 3.8) is 0 Å². The Morgan fingerprint density at radius 3 is 2.84 bits per heavy atom. The maximum Gasteiger partial charge on any atom is 0.123 e. The van der Waals surface area contributed by atoms with Crippen LogP contribution in [-0.2, 0) is 6.42 Å². The van der Waals surface area contributed by atoms with Crippen molar-refractivity contribution in [2.24, 2.45) is 0 Å². The molecule has 0 aliphatic carbocycles. The van der Waals surface area contributed by atoms with Crippen molar-refractivity contribution in [2.45, 2.75) is 12.8 Å². The van der Waals surface area contributed by atoms with Gasteiger partial charge in [-0.15, -0.1) is 0 Å². The summed E-state index contributed by atoms with van der Waals surface area (Å²) < 4.78 is 13.4. The van der Waals surface area contributed by atoms with Crippen LogP contribution in [0, 0.1) is 5.82 Å². The van der Waals surface area contributed by atoms with Crippen molar-refractivity contribution in [1.29, 1.82) is 0 Å². The van der Waals surface area contributed by atoms with Crippen molar-refractivity contribution in [2.75, 3.05) is 19.6 Å². The third-order valence-electron chi connectivity index (χ3n) is 4.87. The third kappa shape index (κ3) is 3.77. The quantitative estimate of drug-likeness (QED) is 0.688. The average molecular weight is 332 g/mol. The Bertz CT molecular complexity index is 917. The van der Waals surface area contributed by atoms with Crippen LogP contribution in [0.25, 0.3) is 16.5 Å². The van der Waals surface area contributed by atoms with Crippen LogP contribution in [0.2, 0.25) is 0 Å². The summed E-state index contributed by atoms with van der Waals surface area (Å²) in [6.45, 7) is 3.00. The molecular formula is C22H21FN2. The van der Waals surface area contributed by atoms with E-state index in [-0.39, 0.29) is 5.82 Å². The SMILES string of the molecule is Fc1cccc(C2=CCN(CCc3ccc4ncccc4c3)CC2)c1. The van der Waals surface area contributed by atoms with E-state index in [1.54, 1.807) is 12.1 Å². The number of aromatic nitrogens is 1. The van der Waals surface area contributed by atoms with Gasteiger partial charge in [-0.25, -0.2) is 4.39 Å². The van der Waals surface area contributed by atoms with Crippen LogP contribution in [0.1, 0.15) is 17.5 Å². The Hall–Kier alpha value is -2.52. The minimum atomic E-state index is -0.161. The van der Waals surface area contributed by atoms with E-state index in [2.05, 4.69) is 40.2 Å². The van der Waals surface area contributed by atoms with Crippen molar-refractivity contribution >= 4 is 16.5 Å². The lowest BCUT2D eigenvalue weighted by Crippen LogP contribution is -2.30. The summed E-state index contributed by atoms with van der Waals surface area (Å²) in [5.41, 5.74) is 4.67. The van der Waals surface area contributed by atoms with Gasteiger partial charge in [-0.3, -0.25) is 9.88 Å². The molecule has 3 heteroatoms. The van der Waals surface area contributed by atoms with E-state index in [0.29, 0.717) is 0 Å². The third-order valence-corrected chi connectivity index (χ3v) is 4.87. The van der Waals surface area contributed by atoms with Gasteiger partial charge in [0.05, 0.1) is 5.52 Å². The molecule has 0 radical (unpaired) electrons. The predicted octanol–water partition coefficient (Wildman–Crippen LogP) is 4.71. The van der Waals surface area contributed by atoms with Gasteiger partial charge in [0, 0.05) is 31.2 Å². The van der Waals surface area contributed by atoms with Crippen LogP contribution in [0.4, 0.5) is 4.39 Å². The van der Waals surface area contributed by atoms with Crippen molar-refractivity contribution in [3.8, 4) is 0 Å². The highest BCUT2D eigenvalue weighted by Gasteiger charge is 2.13. The highest BCUT2D eigenvalue weighted by Crippen LogP contribution is 2.23. The van der Waals surface area contributed by atoms with Crippen LogP contribution in [0.5, 0.6) is 0 Å². The zero-order valence-electron chi connectivity index (χ0n) is 14.2. The molecule has 3 aromatic rings. The van der Waals surface area contributed by atoms with Crippen molar-refractivity contribution in [1.82, 2.24) is 9.88 Å². The molecule has 0 N–H and O–H groups in total. The molecule has 0 saturated heterocycles. The van der Waals surface area contributed by atoms with Crippen LogP contribution < -0.4 is 0 Å². The van der Waals surface area contributed by atoms with Crippen molar-refractivity contribution < 1.29 is 4.39 Å². The van der Waals surface area contributed by atoms with Gasteiger partial charge in [0.25, 0.3) is 0 Å². The molecular weight excluding hydrogens is 311 g/mol. The molecule has 2 heterocycles. The summed E-state index contributed by atoms with van der Waals surface area (Å²) in [7, 11) is 0.